The lowest BCUT2D eigenvalue weighted by Gasteiger charge is -2.38. The standard InChI is InChI=1S/C22H26O5/c1-6-7-13-10-15(23)26-19-14-8-9-22(4,5)27-20(14)17-18(24)11(2)12(3)25-21(17)16(13)19/h8-12,18,24H,6-7H2,1-5H3/t11-,12+,18-/m0/s1. The van der Waals surface area contributed by atoms with Crippen LogP contribution in [-0.2, 0) is 6.42 Å². The zero-order valence-corrected chi connectivity index (χ0v) is 16.5. The van der Waals surface area contributed by atoms with Gasteiger partial charge in [-0.3, -0.25) is 0 Å². The van der Waals surface area contributed by atoms with Crippen molar-refractivity contribution in [1.29, 1.82) is 0 Å². The van der Waals surface area contributed by atoms with Crippen LogP contribution < -0.4 is 15.1 Å². The molecule has 0 saturated carbocycles. The van der Waals surface area contributed by atoms with E-state index in [1.807, 2.05) is 39.8 Å². The van der Waals surface area contributed by atoms with Gasteiger partial charge in [0.2, 0.25) is 0 Å². The van der Waals surface area contributed by atoms with Crippen molar-refractivity contribution < 1.29 is 19.0 Å². The van der Waals surface area contributed by atoms with Gasteiger partial charge in [-0.15, -0.1) is 0 Å². The van der Waals surface area contributed by atoms with Gasteiger partial charge in [0.1, 0.15) is 23.2 Å². The van der Waals surface area contributed by atoms with E-state index in [4.69, 9.17) is 13.9 Å². The largest absolute Gasteiger partial charge is 0.489 e. The minimum atomic E-state index is -0.717. The Morgan fingerprint density at radius 2 is 1.96 bits per heavy atom. The minimum absolute atomic E-state index is 0.0815. The Hall–Kier alpha value is -2.27. The summed E-state index contributed by atoms with van der Waals surface area (Å²) in [5, 5.41) is 11.9. The molecule has 3 heterocycles. The molecule has 0 bridgehead atoms. The highest BCUT2D eigenvalue weighted by molar-refractivity contribution is 5.98. The highest BCUT2D eigenvalue weighted by Gasteiger charge is 2.40. The van der Waals surface area contributed by atoms with E-state index >= 15 is 0 Å². The van der Waals surface area contributed by atoms with E-state index in [2.05, 4.69) is 6.92 Å². The van der Waals surface area contributed by atoms with Crippen molar-refractivity contribution >= 4 is 17.0 Å². The zero-order chi connectivity index (χ0) is 19.5. The van der Waals surface area contributed by atoms with Crippen molar-refractivity contribution in [3.05, 3.63) is 39.3 Å². The molecule has 2 aliphatic rings. The lowest BCUT2D eigenvalue weighted by Crippen LogP contribution is -2.35. The second kappa shape index (κ2) is 6.13. The molecule has 0 saturated heterocycles. The number of hydrogen-bond acceptors (Lipinski definition) is 5. The van der Waals surface area contributed by atoms with Crippen LogP contribution in [0.1, 0.15) is 63.8 Å². The zero-order valence-electron chi connectivity index (χ0n) is 16.5. The summed E-state index contributed by atoms with van der Waals surface area (Å²) in [6.07, 6.45) is 4.60. The van der Waals surface area contributed by atoms with Gasteiger partial charge in [-0.1, -0.05) is 20.3 Å². The highest BCUT2D eigenvalue weighted by Crippen LogP contribution is 2.52. The van der Waals surface area contributed by atoms with Gasteiger partial charge in [-0.25, -0.2) is 4.79 Å². The monoisotopic (exact) mass is 370 g/mol. The first-order valence-corrected chi connectivity index (χ1v) is 9.63. The van der Waals surface area contributed by atoms with Crippen molar-refractivity contribution in [2.45, 2.75) is 65.3 Å². The molecule has 0 spiro atoms. The van der Waals surface area contributed by atoms with Crippen LogP contribution in [0.3, 0.4) is 0 Å². The molecule has 4 rings (SSSR count). The Labute approximate surface area is 158 Å². The summed E-state index contributed by atoms with van der Waals surface area (Å²) in [4.78, 5) is 12.2. The first-order valence-electron chi connectivity index (χ1n) is 9.63. The lowest BCUT2D eigenvalue weighted by molar-refractivity contribution is 0.0139. The molecule has 3 atom stereocenters. The van der Waals surface area contributed by atoms with Gasteiger partial charge < -0.3 is 19.0 Å². The fourth-order valence-corrected chi connectivity index (χ4v) is 3.98. The van der Waals surface area contributed by atoms with Crippen LogP contribution >= 0.6 is 0 Å². The van der Waals surface area contributed by atoms with Crippen molar-refractivity contribution in [3.8, 4) is 11.5 Å². The topological polar surface area (TPSA) is 68.9 Å². The van der Waals surface area contributed by atoms with Crippen LogP contribution in [0.2, 0.25) is 0 Å². The van der Waals surface area contributed by atoms with E-state index in [0.717, 1.165) is 23.8 Å². The van der Waals surface area contributed by atoms with E-state index in [1.54, 1.807) is 0 Å². The number of aliphatic hydroxyl groups is 1. The van der Waals surface area contributed by atoms with Crippen molar-refractivity contribution in [2.75, 3.05) is 0 Å². The average Bonchev–Trinajstić information content (AvgIpc) is 2.58. The van der Waals surface area contributed by atoms with E-state index in [1.165, 1.54) is 6.07 Å². The summed E-state index contributed by atoms with van der Waals surface area (Å²) in [6.45, 7) is 9.89. The number of fused-ring (bicyclic) bond motifs is 6. The summed E-state index contributed by atoms with van der Waals surface area (Å²) in [5.74, 6) is 1.05. The Bertz CT molecular complexity index is 998. The molecule has 0 radical (unpaired) electrons. The SMILES string of the molecule is CCCc1cc(=O)oc2c3c(c4c(c12)O[C@H](C)[C@H](C)[C@@H]4O)OC(C)(C)C=C3. The molecule has 0 amide bonds. The first-order chi connectivity index (χ1) is 12.7. The van der Waals surface area contributed by atoms with Gasteiger partial charge in [-0.05, 0) is 44.9 Å². The Morgan fingerprint density at radius 3 is 2.67 bits per heavy atom. The number of benzene rings is 1. The van der Waals surface area contributed by atoms with E-state index in [9.17, 15) is 9.90 Å². The molecule has 0 unspecified atom stereocenters. The molecular weight excluding hydrogens is 344 g/mol. The van der Waals surface area contributed by atoms with E-state index < -0.39 is 11.7 Å². The summed E-state index contributed by atoms with van der Waals surface area (Å²) < 4.78 is 18.1. The number of rotatable bonds is 2. The summed E-state index contributed by atoms with van der Waals surface area (Å²) in [7, 11) is 0. The van der Waals surface area contributed by atoms with Gasteiger partial charge in [-0.2, -0.15) is 0 Å². The molecule has 1 aromatic carbocycles. The quantitative estimate of drug-likeness (QED) is 0.795. The average molecular weight is 370 g/mol. The third-order valence-corrected chi connectivity index (χ3v) is 5.62. The van der Waals surface area contributed by atoms with Crippen molar-refractivity contribution in [3.63, 3.8) is 0 Å². The minimum Gasteiger partial charge on any atom is -0.489 e. The van der Waals surface area contributed by atoms with Crippen LogP contribution in [0.25, 0.3) is 17.0 Å². The van der Waals surface area contributed by atoms with Crippen molar-refractivity contribution in [2.24, 2.45) is 5.92 Å². The Morgan fingerprint density at radius 1 is 1.22 bits per heavy atom. The van der Waals surface area contributed by atoms with Gasteiger partial charge in [0.25, 0.3) is 0 Å². The number of aryl methyl sites for hydroxylation is 1. The molecular formula is C22H26O5. The highest BCUT2D eigenvalue weighted by atomic mass is 16.5. The van der Waals surface area contributed by atoms with Crippen LogP contribution in [-0.4, -0.2) is 16.8 Å². The maximum Gasteiger partial charge on any atom is 0.336 e. The summed E-state index contributed by atoms with van der Waals surface area (Å²) in [5.41, 5.74) is 1.80. The Kier molecular flexibility index (Phi) is 4.11. The maximum absolute atomic E-state index is 12.2. The predicted octanol–water partition coefficient (Wildman–Crippen LogP) is 4.38. The fraction of sp³-hybridized carbons (Fsp3) is 0.500. The summed E-state index contributed by atoms with van der Waals surface area (Å²) in [6, 6.07) is 1.54. The fourth-order valence-electron chi connectivity index (χ4n) is 3.98. The molecule has 2 aliphatic heterocycles. The van der Waals surface area contributed by atoms with Crippen LogP contribution in [0, 0.1) is 5.92 Å². The molecule has 5 nitrogen and oxygen atoms in total. The molecule has 2 aromatic rings. The third kappa shape index (κ3) is 2.76. The van der Waals surface area contributed by atoms with Crippen LogP contribution in [0.15, 0.2) is 21.4 Å². The third-order valence-electron chi connectivity index (χ3n) is 5.62. The van der Waals surface area contributed by atoms with E-state index in [0.29, 0.717) is 28.2 Å². The molecule has 144 valence electrons. The van der Waals surface area contributed by atoms with E-state index in [-0.39, 0.29) is 17.6 Å². The van der Waals surface area contributed by atoms with Crippen LogP contribution in [0.5, 0.6) is 11.5 Å². The maximum atomic E-state index is 12.2. The molecule has 0 aliphatic carbocycles. The summed E-state index contributed by atoms with van der Waals surface area (Å²) >= 11 is 0. The van der Waals surface area contributed by atoms with Gasteiger partial charge in [0.15, 0.2) is 5.58 Å². The molecule has 0 fully saturated rings. The molecule has 1 aromatic heterocycles. The second-order valence-electron chi connectivity index (χ2n) is 8.20. The van der Waals surface area contributed by atoms with Gasteiger partial charge >= 0.3 is 5.63 Å². The second-order valence-corrected chi connectivity index (χ2v) is 8.20. The smallest absolute Gasteiger partial charge is 0.336 e. The van der Waals surface area contributed by atoms with Gasteiger partial charge in [0, 0.05) is 12.0 Å². The van der Waals surface area contributed by atoms with Crippen LogP contribution in [0.4, 0.5) is 0 Å². The van der Waals surface area contributed by atoms with Crippen molar-refractivity contribution in [1.82, 2.24) is 0 Å². The first kappa shape index (κ1) is 18.1. The number of ether oxygens (including phenoxy) is 2. The molecule has 27 heavy (non-hydrogen) atoms. The molecule has 1 N–H and O–H groups in total. The number of aliphatic hydroxyl groups excluding tert-OH is 1. The molecule has 5 heteroatoms. The number of hydrogen-bond donors (Lipinski definition) is 1. The lowest BCUT2D eigenvalue weighted by atomic mass is 9.84. The normalized spacial score (nSPS) is 25.5. The predicted molar refractivity (Wildman–Crippen MR) is 104 cm³/mol. The van der Waals surface area contributed by atoms with Gasteiger partial charge in [0.05, 0.1) is 22.6 Å². The Balaban J connectivity index is 2.16.